The molecule has 1 heterocycles. The van der Waals surface area contributed by atoms with Gasteiger partial charge in [0.05, 0.1) is 23.4 Å². The molecule has 1 aromatic carbocycles. The van der Waals surface area contributed by atoms with Gasteiger partial charge in [0.1, 0.15) is 5.75 Å². The number of pyridine rings is 1. The molecule has 0 radical (unpaired) electrons. The Morgan fingerprint density at radius 3 is 2.57 bits per heavy atom. The zero-order valence-electron chi connectivity index (χ0n) is 12.2. The first kappa shape index (κ1) is 16.3. The lowest BCUT2D eigenvalue weighted by molar-refractivity contribution is 0.241. The molecule has 0 saturated carbocycles. The van der Waals surface area contributed by atoms with E-state index in [1.165, 1.54) is 0 Å². The molecule has 1 unspecified atom stereocenters. The van der Waals surface area contributed by atoms with Crippen LogP contribution in [0.1, 0.15) is 31.0 Å². The van der Waals surface area contributed by atoms with Crippen molar-refractivity contribution in [3.05, 3.63) is 57.3 Å². The average Bonchev–Trinajstić information content (AvgIpc) is 2.43. The van der Waals surface area contributed by atoms with Crippen molar-refractivity contribution >= 4 is 27.5 Å². The number of ether oxygens (including phenoxy) is 1. The van der Waals surface area contributed by atoms with Crippen LogP contribution in [0.25, 0.3) is 0 Å². The van der Waals surface area contributed by atoms with Crippen LogP contribution in [-0.4, -0.2) is 18.1 Å². The maximum atomic E-state index is 6.06. The SMILES string of the molecule is CNC(c1cncc(OC(C)C)c1)c1ccc(Cl)c(Br)c1. The molecule has 1 N–H and O–H groups in total. The molecule has 0 spiro atoms. The summed E-state index contributed by atoms with van der Waals surface area (Å²) in [5.74, 6) is 0.774. The van der Waals surface area contributed by atoms with E-state index in [0.29, 0.717) is 5.02 Å². The number of nitrogens with zero attached hydrogens (tertiary/aromatic N) is 1. The molecule has 0 saturated heterocycles. The first-order valence-electron chi connectivity index (χ1n) is 6.75. The van der Waals surface area contributed by atoms with Gasteiger partial charge in [-0.3, -0.25) is 4.98 Å². The number of hydrogen-bond acceptors (Lipinski definition) is 3. The Kier molecular flexibility index (Phi) is 5.62. The van der Waals surface area contributed by atoms with Crippen molar-refractivity contribution in [2.24, 2.45) is 0 Å². The van der Waals surface area contributed by atoms with Crippen LogP contribution < -0.4 is 10.1 Å². The second kappa shape index (κ2) is 7.25. The zero-order chi connectivity index (χ0) is 15.4. The van der Waals surface area contributed by atoms with Crippen molar-refractivity contribution in [1.82, 2.24) is 10.3 Å². The summed E-state index contributed by atoms with van der Waals surface area (Å²) in [7, 11) is 1.92. The molecule has 0 amide bonds. The van der Waals surface area contributed by atoms with Crippen LogP contribution in [0.2, 0.25) is 5.02 Å². The first-order chi connectivity index (χ1) is 10.0. The summed E-state index contributed by atoms with van der Waals surface area (Å²) in [4.78, 5) is 4.27. The van der Waals surface area contributed by atoms with Crippen LogP contribution in [0.3, 0.4) is 0 Å². The maximum Gasteiger partial charge on any atom is 0.138 e. The summed E-state index contributed by atoms with van der Waals surface area (Å²) >= 11 is 9.52. The van der Waals surface area contributed by atoms with E-state index in [4.69, 9.17) is 16.3 Å². The van der Waals surface area contributed by atoms with Gasteiger partial charge in [-0.05, 0) is 66.2 Å². The van der Waals surface area contributed by atoms with E-state index in [0.717, 1.165) is 21.3 Å². The second-order valence-corrected chi connectivity index (χ2v) is 6.28. The molecule has 0 fully saturated rings. The van der Waals surface area contributed by atoms with E-state index in [9.17, 15) is 0 Å². The standard InChI is InChI=1S/C16H18BrClN2O/c1-10(2)21-13-6-12(8-20-9-13)16(19-3)11-4-5-15(18)14(17)7-11/h4-10,16,19H,1-3H3. The predicted molar refractivity (Wildman–Crippen MR) is 90.1 cm³/mol. The summed E-state index contributed by atoms with van der Waals surface area (Å²) in [6, 6.07) is 7.94. The van der Waals surface area contributed by atoms with Gasteiger partial charge in [0.2, 0.25) is 0 Å². The molecule has 0 aliphatic rings. The third kappa shape index (κ3) is 4.19. The van der Waals surface area contributed by atoms with Crippen molar-refractivity contribution < 1.29 is 4.74 Å². The highest BCUT2D eigenvalue weighted by atomic mass is 79.9. The lowest BCUT2D eigenvalue weighted by Crippen LogP contribution is -2.18. The quantitative estimate of drug-likeness (QED) is 0.837. The van der Waals surface area contributed by atoms with Crippen LogP contribution >= 0.6 is 27.5 Å². The van der Waals surface area contributed by atoms with Crippen LogP contribution in [0.4, 0.5) is 0 Å². The smallest absolute Gasteiger partial charge is 0.138 e. The molecule has 2 aromatic rings. The average molecular weight is 370 g/mol. The highest BCUT2D eigenvalue weighted by Gasteiger charge is 2.14. The molecular formula is C16H18BrClN2O. The number of benzene rings is 1. The summed E-state index contributed by atoms with van der Waals surface area (Å²) in [5, 5.41) is 4.00. The van der Waals surface area contributed by atoms with Crippen molar-refractivity contribution in [3.63, 3.8) is 0 Å². The number of nitrogens with one attached hydrogen (secondary N) is 1. The monoisotopic (exact) mass is 368 g/mol. The van der Waals surface area contributed by atoms with E-state index in [2.05, 4.69) is 26.2 Å². The predicted octanol–water partition coefficient (Wildman–Crippen LogP) is 4.59. The fourth-order valence-corrected chi connectivity index (χ4v) is 2.66. The Hall–Kier alpha value is -1.10. The van der Waals surface area contributed by atoms with Crippen LogP contribution in [0.15, 0.2) is 41.1 Å². The molecule has 21 heavy (non-hydrogen) atoms. The second-order valence-electron chi connectivity index (χ2n) is 5.02. The summed E-state index contributed by atoms with van der Waals surface area (Å²) in [6.07, 6.45) is 3.70. The Morgan fingerprint density at radius 1 is 1.19 bits per heavy atom. The highest BCUT2D eigenvalue weighted by molar-refractivity contribution is 9.10. The molecule has 1 aromatic heterocycles. The van der Waals surface area contributed by atoms with Crippen molar-refractivity contribution in [2.75, 3.05) is 7.05 Å². The Bertz CT molecular complexity index is 619. The zero-order valence-corrected chi connectivity index (χ0v) is 14.6. The van der Waals surface area contributed by atoms with Gasteiger partial charge in [-0.1, -0.05) is 17.7 Å². The normalized spacial score (nSPS) is 12.5. The van der Waals surface area contributed by atoms with Gasteiger partial charge >= 0.3 is 0 Å². The van der Waals surface area contributed by atoms with Crippen molar-refractivity contribution in [1.29, 1.82) is 0 Å². The largest absolute Gasteiger partial charge is 0.489 e. The minimum absolute atomic E-state index is 0.0294. The molecule has 112 valence electrons. The van der Waals surface area contributed by atoms with Gasteiger partial charge in [0.25, 0.3) is 0 Å². The lowest BCUT2D eigenvalue weighted by Gasteiger charge is -2.19. The topological polar surface area (TPSA) is 34.2 Å². The molecule has 0 aliphatic heterocycles. The number of hydrogen-bond donors (Lipinski definition) is 1. The van der Waals surface area contributed by atoms with E-state index in [-0.39, 0.29) is 12.1 Å². The highest BCUT2D eigenvalue weighted by Crippen LogP contribution is 2.30. The fraction of sp³-hybridized carbons (Fsp3) is 0.312. The van der Waals surface area contributed by atoms with Gasteiger partial charge in [-0.15, -0.1) is 0 Å². The van der Waals surface area contributed by atoms with Crippen LogP contribution in [0.5, 0.6) is 5.75 Å². The molecular weight excluding hydrogens is 352 g/mol. The van der Waals surface area contributed by atoms with Gasteiger partial charge in [0.15, 0.2) is 0 Å². The molecule has 0 bridgehead atoms. The fourth-order valence-electron chi connectivity index (χ4n) is 2.15. The Balaban J connectivity index is 2.34. The van der Waals surface area contributed by atoms with Gasteiger partial charge in [-0.2, -0.15) is 0 Å². The number of aromatic nitrogens is 1. The van der Waals surface area contributed by atoms with Crippen LogP contribution in [-0.2, 0) is 0 Å². The lowest BCUT2D eigenvalue weighted by atomic mass is 10.0. The van der Waals surface area contributed by atoms with Gasteiger partial charge < -0.3 is 10.1 Å². The number of halogens is 2. The molecule has 2 rings (SSSR count). The summed E-state index contributed by atoms with van der Waals surface area (Å²) in [6.45, 7) is 4.00. The first-order valence-corrected chi connectivity index (χ1v) is 7.92. The summed E-state index contributed by atoms with van der Waals surface area (Å²) < 4.78 is 6.59. The molecule has 0 aliphatic carbocycles. The van der Waals surface area contributed by atoms with Crippen molar-refractivity contribution in [3.8, 4) is 5.75 Å². The van der Waals surface area contributed by atoms with E-state index in [1.54, 1.807) is 6.20 Å². The minimum Gasteiger partial charge on any atom is -0.489 e. The minimum atomic E-state index is 0.0294. The molecule has 1 atom stereocenters. The van der Waals surface area contributed by atoms with Gasteiger partial charge in [-0.25, -0.2) is 0 Å². The maximum absolute atomic E-state index is 6.06. The third-order valence-electron chi connectivity index (χ3n) is 3.01. The van der Waals surface area contributed by atoms with Crippen LogP contribution in [0, 0.1) is 0 Å². The molecule has 5 heteroatoms. The molecule has 3 nitrogen and oxygen atoms in total. The van der Waals surface area contributed by atoms with E-state index < -0.39 is 0 Å². The van der Waals surface area contributed by atoms with Gasteiger partial charge in [0, 0.05) is 10.7 Å². The summed E-state index contributed by atoms with van der Waals surface area (Å²) in [5.41, 5.74) is 2.15. The number of rotatable bonds is 5. The Labute approximate surface area is 138 Å². The van der Waals surface area contributed by atoms with E-state index >= 15 is 0 Å². The Morgan fingerprint density at radius 2 is 1.95 bits per heavy atom. The van der Waals surface area contributed by atoms with Crippen molar-refractivity contribution in [2.45, 2.75) is 26.0 Å². The third-order valence-corrected chi connectivity index (χ3v) is 4.22. The van der Waals surface area contributed by atoms with E-state index in [1.807, 2.05) is 51.4 Å².